The quantitative estimate of drug-likeness (QED) is 0.548. The molecule has 1 aliphatic heterocycles. The number of hydrogen-bond acceptors (Lipinski definition) is 3. The lowest BCUT2D eigenvalue weighted by Crippen LogP contribution is -2.31. The zero-order valence-electron chi connectivity index (χ0n) is 16.1. The summed E-state index contributed by atoms with van der Waals surface area (Å²) in [4.78, 5) is 37.5. The van der Waals surface area contributed by atoms with Crippen LogP contribution in [-0.2, 0) is 9.59 Å². The third-order valence-corrected chi connectivity index (χ3v) is 5.22. The Morgan fingerprint density at radius 2 is 1.77 bits per heavy atom. The van der Waals surface area contributed by atoms with Gasteiger partial charge >= 0.3 is 0 Å². The maximum Gasteiger partial charge on any atom is 0.255 e. The number of nitrogens with one attached hydrogen (secondary N) is 3. The smallest absolute Gasteiger partial charge is 0.255 e. The molecule has 0 fully saturated rings. The first-order valence-corrected chi connectivity index (χ1v) is 9.84. The second-order valence-corrected chi connectivity index (χ2v) is 7.45. The number of benzene rings is 3. The van der Waals surface area contributed by atoms with Crippen LogP contribution in [0.5, 0.6) is 0 Å². The van der Waals surface area contributed by atoms with E-state index in [2.05, 4.69) is 16.0 Å². The Balaban J connectivity index is 1.56. The van der Waals surface area contributed by atoms with Crippen molar-refractivity contribution in [3.05, 3.63) is 88.7 Å². The van der Waals surface area contributed by atoms with Crippen LogP contribution in [0.2, 0.25) is 5.02 Å². The summed E-state index contributed by atoms with van der Waals surface area (Å²) in [7, 11) is 0. The number of halogens is 2. The van der Waals surface area contributed by atoms with Gasteiger partial charge in [-0.05, 0) is 48.0 Å². The van der Waals surface area contributed by atoms with E-state index in [1.807, 2.05) is 6.07 Å². The summed E-state index contributed by atoms with van der Waals surface area (Å²) >= 11 is 6.22. The van der Waals surface area contributed by atoms with Gasteiger partial charge in [-0.3, -0.25) is 14.4 Å². The lowest BCUT2D eigenvalue weighted by atomic mass is 9.89. The molecule has 3 aromatic carbocycles. The van der Waals surface area contributed by atoms with Crippen molar-refractivity contribution in [2.24, 2.45) is 0 Å². The zero-order valence-corrected chi connectivity index (χ0v) is 16.9. The molecule has 3 aromatic rings. The second-order valence-electron chi connectivity index (χ2n) is 7.04. The SMILES string of the molecule is O=C1CC(C(=O)Nc2cc(C(=O)Nc3ccccc3)ccc2Cl)c2ccc(F)cc2N1. The molecule has 1 aliphatic rings. The minimum atomic E-state index is -0.817. The van der Waals surface area contributed by atoms with E-state index in [4.69, 9.17) is 11.6 Å². The molecule has 1 heterocycles. The predicted octanol–water partition coefficient (Wildman–Crippen LogP) is 4.80. The van der Waals surface area contributed by atoms with Crippen molar-refractivity contribution >= 4 is 46.4 Å². The average Bonchev–Trinajstić information content (AvgIpc) is 2.75. The summed E-state index contributed by atoms with van der Waals surface area (Å²) in [6, 6.07) is 17.3. The molecule has 31 heavy (non-hydrogen) atoms. The molecule has 8 heteroatoms. The molecule has 0 radical (unpaired) electrons. The molecule has 0 saturated heterocycles. The first kappa shape index (κ1) is 20.6. The highest BCUT2D eigenvalue weighted by molar-refractivity contribution is 6.34. The summed E-state index contributed by atoms with van der Waals surface area (Å²) < 4.78 is 13.5. The van der Waals surface area contributed by atoms with Crippen molar-refractivity contribution in [2.45, 2.75) is 12.3 Å². The summed E-state index contributed by atoms with van der Waals surface area (Å²) in [5.41, 5.74) is 1.94. The lowest BCUT2D eigenvalue weighted by Gasteiger charge is -2.25. The number of rotatable bonds is 4. The molecule has 0 spiro atoms. The largest absolute Gasteiger partial charge is 0.326 e. The van der Waals surface area contributed by atoms with E-state index in [0.29, 0.717) is 16.8 Å². The standard InChI is InChI=1S/C23H17ClFN3O3/c24-18-9-6-13(22(30)26-15-4-2-1-3-5-15)10-20(18)28-23(31)17-12-21(29)27-19-11-14(25)7-8-16(17)19/h1-11,17H,12H2,(H,26,30)(H,27,29)(H,28,31). The number of carbonyl (C=O) groups excluding carboxylic acids is 3. The van der Waals surface area contributed by atoms with E-state index in [9.17, 15) is 18.8 Å². The summed E-state index contributed by atoms with van der Waals surface area (Å²) in [5, 5.41) is 8.26. The minimum absolute atomic E-state index is 0.0870. The first-order chi connectivity index (χ1) is 14.9. The van der Waals surface area contributed by atoms with Crippen molar-refractivity contribution in [2.75, 3.05) is 16.0 Å². The highest BCUT2D eigenvalue weighted by Crippen LogP contribution is 2.34. The third-order valence-electron chi connectivity index (χ3n) is 4.89. The van der Waals surface area contributed by atoms with Crippen LogP contribution in [0, 0.1) is 5.82 Å². The van der Waals surface area contributed by atoms with Crippen molar-refractivity contribution in [1.82, 2.24) is 0 Å². The van der Waals surface area contributed by atoms with Gasteiger partial charge in [0.2, 0.25) is 11.8 Å². The van der Waals surface area contributed by atoms with Gasteiger partial charge in [0.15, 0.2) is 0 Å². The maximum absolute atomic E-state index is 13.5. The van der Waals surface area contributed by atoms with Crippen molar-refractivity contribution in [3.8, 4) is 0 Å². The Labute approximate surface area is 182 Å². The van der Waals surface area contributed by atoms with Crippen LogP contribution in [0.3, 0.4) is 0 Å². The second kappa shape index (κ2) is 8.57. The fraction of sp³-hybridized carbons (Fsp3) is 0.0870. The van der Waals surface area contributed by atoms with Gasteiger partial charge in [0.05, 0.1) is 16.6 Å². The van der Waals surface area contributed by atoms with Crippen LogP contribution in [0.4, 0.5) is 21.5 Å². The molecule has 6 nitrogen and oxygen atoms in total. The summed E-state index contributed by atoms with van der Waals surface area (Å²) in [6.45, 7) is 0. The lowest BCUT2D eigenvalue weighted by molar-refractivity contribution is -0.123. The molecule has 0 saturated carbocycles. The average molecular weight is 438 g/mol. The van der Waals surface area contributed by atoms with E-state index in [0.717, 1.165) is 0 Å². The van der Waals surface area contributed by atoms with Gasteiger partial charge in [-0.15, -0.1) is 0 Å². The Morgan fingerprint density at radius 3 is 2.55 bits per heavy atom. The fourth-order valence-electron chi connectivity index (χ4n) is 3.38. The normalized spacial score (nSPS) is 14.9. The molecule has 3 N–H and O–H groups in total. The van der Waals surface area contributed by atoms with E-state index < -0.39 is 17.6 Å². The van der Waals surface area contributed by atoms with E-state index in [-0.39, 0.29) is 34.6 Å². The Bertz CT molecular complexity index is 1180. The van der Waals surface area contributed by atoms with Crippen molar-refractivity contribution in [1.29, 1.82) is 0 Å². The Kier molecular flexibility index (Phi) is 5.68. The first-order valence-electron chi connectivity index (χ1n) is 9.47. The molecule has 0 bridgehead atoms. The number of carbonyl (C=O) groups is 3. The van der Waals surface area contributed by atoms with Crippen molar-refractivity contribution in [3.63, 3.8) is 0 Å². The number of fused-ring (bicyclic) bond motifs is 1. The van der Waals surface area contributed by atoms with Gasteiger partial charge in [-0.25, -0.2) is 4.39 Å². The van der Waals surface area contributed by atoms with Gasteiger partial charge in [-0.1, -0.05) is 35.9 Å². The number of hydrogen-bond donors (Lipinski definition) is 3. The Hall–Kier alpha value is -3.71. The van der Waals surface area contributed by atoms with Crippen LogP contribution < -0.4 is 16.0 Å². The van der Waals surface area contributed by atoms with E-state index in [1.165, 1.54) is 30.3 Å². The summed E-state index contributed by atoms with van der Waals surface area (Å²) in [5.74, 6) is -2.57. The number of anilines is 3. The molecule has 3 amide bonds. The van der Waals surface area contributed by atoms with Crippen LogP contribution in [-0.4, -0.2) is 17.7 Å². The summed E-state index contributed by atoms with van der Waals surface area (Å²) in [6.07, 6.45) is -0.0870. The van der Waals surface area contributed by atoms with Gasteiger partial charge in [-0.2, -0.15) is 0 Å². The van der Waals surface area contributed by atoms with Gasteiger partial charge < -0.3 is 16.0 Å². The van der Waals surface area contributed by atoms with Crippen LogP contribution in [0.1, 0.15) is 28.3 Å². The Morgan fingerprint density at radius 1 is 1.00 bits per heavy atom. The third kappa shape index (κ3) is 4.57. The zero-order chi connectivity index (χ0) is 22.0. The van der Waals surface area contributed by atoms with Crippen LogP contribution in [0.15, 0.2) is 66.7 Å². The van der Waals surface area contributed by atoms with Gasteiger partial charge in [0.1, 0.15) is 5.82 Å². The van der Waals surface area contributed by atoms with Crippen LogP contribution in [0.25, 0.3) is 0 Å². The van der Waals surface area contributed by atoms with Gasteiger partial charge in [0, 0.05) is 23.4 Å². The predicted molar refractivity (Wildman–Crippen MR) is 117 cm³/mol. The maximum atomic E-state index is 13.5. The molecule has 1 atom stereocenters. The van der Waals surface area contributed by atoms with Crippen molar-refractivity contribution < 1.29 is 18.8 Å². The molecule has 156 valence electrons. The molecule has 1 unspecified atom stereocenters. The number of amides is 3. The highest BCUT2D eigenvalue weighted by atomic mass is 35.5. The van der Waals surface area contributed by atoms with Crippen LogP contribution >= 0.6 is 11.6 Å². The minimum Gasteiger partial charge on any atom is -0.326 e. The van der Waals surface area contributed by atoms with E-state index >= 15 is 0 Å². The molecule has 0 aliphatic carbocycles. The molecular formula is C23H17ClFN3O3. The molecule has 0 aromatic heterocycles. The topological polar surface area (TPSA) is 87.3 Å². The monoisotopic (exact) mass is 437 g/mol. The molecular weight excluding hydrogens is 421 g/mol. The van der Waals surface area contributed by atoms with Gasteiger partial charge in [0.25, 0.3) is 5.91 Å². The molecule has 4 rings (SSSR count). The van der Waals surface area contributed by atoms with E-state index in [1.54, 1.807) is 30.3 Å². The fourth-order valence-corrected chi connectivity index (χ4v) is 3.54. The highest BCUT2D eigenvalue weighted by Gasteiger charge is 2.31. The number of para-hydroxylation sites is 1.